The average Bonchev–Trinajstić information content (AvgIpc) is 3.47. The molecule has 0 bridgehead atoms. The predicted molar refractivity (Wildman–Crippen MR) is 142 cm³/mol. The third-order valence-electron chi connectivity index (χ3n) is 6.76. The van der Waals surface area contributed by atoms with Gasteiger partial charge in [-0.1, -0.05) is 48.0 Å². The lowest BCUT2D eigenvalue weighted by atomic mass is 10.0. The molecule has 0 unspecified atom stereocenters. The quantitative estimate of drug-likeness (QED) is 0.321. The number of carbonyl (C=O) groups is 3. The summed E-state index contributed by atoms with van der Waals surface area (Å²) in [7, 11) is 0. The van der Waals surface area contributed by atoms with Gasteiger partial charge in [-0.05, 0) is 37.3 Å². The van der Waals surface area contributed by atoms with Crippen molar-refractivity contribution in [3.8, 4) is 11.1 Å². The summed E-state index contributed by atoms with van der Waals surface area (Å²) in [5.41, 5.74) is 2.27. The summed E-state index contributed by atoms with van der Waals surface area (Å²) in [5, 5.41) is 2.89. The van der Waals surface area contributed by atoms with Crippen LogP contribution in [0.1, 0.15) is 29.4 Å². The highest BCUT2D eigenvalue weighted by atomic mass is 35.5. The molecule has 4 aromatic rings. The molecule has 1 aliphatic rings. The number of hydrogen-bond acceptors (Lipinski definition) is 3. The number of nitrogens with one attached hydrogen (secondary N) is 1. The molecule has 6 nitrogen and oxygen atoms in total. The van der Waals surface area contributed by atoms with Crippen molar-refractivity contribution in [1.82, 2.24) is 9.30 Å². The normalized spacial score (nSPS) is 17.1. The minimum Gasteiger partial charge on any atom is -0.327 e. The third-order valence-corrected chi connectivity index (χ3v) is 7.09. The van der Waals surface area contributed by atoms with E-state index in [1.807, 2.05) is 0 Å². The Balaban J connectivity index is 1.38. The number of alkyl halides is 1. The lowest BCUT2D eigenvalue weighted by Crippen LogP contribution is -2.44. The van der Waals surface area contributed by atoms with Crippen molar-refractivity contribution in [3.63, 3.8) is 0 Å². The number of benzene rings is 2. The van der Waals surface area contributed by atoms with Gasteiger partial charge in [0.15, 0.2) is 11.6 Å². The second-order valence-electron chi connectivity index (χ2n) is 9.27. The first kappa shape index (κ1) is 25.6. The Morgan fingerprint density at radius 3 is 2.53 bits per heavy atom. The van der Waals surface area contributed by atoms with Crippen LogP contribution in [0.3, 0.4) is 0 Å². The number of ketones is 1. The van der Waals surface area contributed by atoms with Crippen molar-refractivity contribution in [2.24, 2.45) is 0 Å². The van der Waals surface area contributed by atoms with E-state index in [0.717, 1.165) is 0 Å². The number of carbonyl (C=O) groups excluding carboxylic acids is 3. The second-order valence-corrected chi connectivity index (χ2v) is 9.68. The Morgan fingerprint density at radius 1 is 1.03 bits per heavy atom. The van der Waals surface area contributed by atoms with E-state index in [-0.39, 0.29) is 36.4 Å². The van der Waals surface area contributed by atoms with Crippen molar-refractivity contribution in [2.75, 3.05) is 11.9 Å². The zero-order valence-electron chi connectivity index (χ0n) is 20.5. The van der Waals surface area contributed by atoms with Crippen molar-refractivity contribution in [2.45, 2.75) is 32.0 Å². The second kappa shape index (κ2) is 10.4. The fourth-order valence-electron chi connectivity index (χ4n) is 4.94. The summed E-state index contributed by atoms with van der Waals surface area (Å²) >= 11 is 6.22. The van der Waals surface area contributed by atoms with Crippen molar-refractivity contribution in [3.05, 3.63) is 95.0 Å². The number of Topliss-reactive ketones (excluding diaryl/α,β-unsaturated/α-hetero) is 1. The number of fused-ring (bicyclic) bond motifs is 1. The van der Waals surface area contributed by atoms with Crippen molar-refractivity contribution < 1.29 is 23.2 Å². The molecule has 1 fully saturated rings. The molecule has 0 saturated carbocycles. The van der Waals surface area contributed by atoms with Crippen LogP contribution >= 0.6 is 11.6 Å². The number of halogens is 3. The van der Waals surface area contributed by atoms with Crippen LogP contribution in [0.25, 0.3) is 16.6 Å². The molecule has 2 aromatic carbocycles. The van der Waals surface area contributed by atoms with Gasteiger partial charge in [0.25, 0.3) is 0 Å². The van der Waals surface area contributed by atoms with Gasteiger partial charge in [0, 0.05) is 40.0 Å². The predicted octanol–water partition coefficient (Wildman–Crippen LogP) is 5.72. The van der Waals surface area contributed by atoms with E-state index >= 15 is 4.39 Å². The van der Waals surface area contributed by atoms with E-state index < -0.39 is 29.8 Å². The molecule has 194 valence electrons. The number of aromatic nitrogens is 1. The first-order valence-corrected chi connectivity index (χ1v) is 12.5. The van der Waals surface area contributed by atoms with Crippen LogP contribution in [0.5, 0.6) is 0 Å². The number of anilines is 1. The SMILES string of the molecule is CC(=O)c1cc(CC(=O)N2C[C@H](F)C[C@H]2C(=O)Nc2cccc(-c3ccccc3Cl)c2F)n2ccccc12. The largest absolute Gasteiger partial charge is 0.327 e. The molecule has 0 radical (unpaired) electrons. The van der Waals surface area contributed by atoms with Gasteiger partial charge >= 0.3 is 0 Å². The molecule has 3 heterocycles. The Morgan fingerprint density at radius 2 is 1.76 bits per heavy atom. The molecular weight excluding hydrogens is 512 g/mol. The number of nitrogens with zero attached hydrogens (tertiary/aromatic N) is 2. The molecule has 0 aliphatic carbocycles. The van der Waals surface area contributed by atoms with E-state index in [9.17, 15) is 18.8 Å². The van der Waals surface area contributed by atoms with E-state index in [1.165, 1.54) is 17.9 Å². The maximum atomic E-state index is 15.4. The molecule has 9 heteroatoms. The molecule has 2 atom stereocenters. The van der Waals surface area contributed by atoms with Gasteiger partial charge in [0.2, 0.25) is 11.8 Å². The smallest absolute Gasteiger partial charge is 0.247 e. The minimum absolute atomic E-state index is 0.0918. The van der Waals surface area contributed by atoms with Gasteiger partial charge in [-0.25, -0.2) is 8.78 Å². The van der Waals surface area contributed by atoms with E-state index in [2.05, 4.69) is 5.32 Å². The third kappa shape index (κ3) is 4.79. The number of amides is 2. The molecule has 1 N–H and O–H groups in total. The molecule has 38 heavy (non-hydrogen) atoms. The zero-order valence-corrected chi connectivity index (χ0v) is 21.2. The van der Waals surface area contributed by atoms with Crippen LogP contribution in [0.15, 0.2) is 72.9 Å². The van der Waals surface area contributed by atoms with Crippen LogP contribution in [-0.2, 0) is 16.0 Å². The molecule has 1 aliphatic heterocycles. The molecule has 1 saturated heterocycles. The fourth-order valence-corrected chi connectivity index (χ4v) is 5.18. The van der Waals surface area contributed by atoms with Gasteiger partial charge in [0.05, 0.1) is 24.2 Å². The summed E-state index contributed by atoms with van der Waals surface area (Å²) in [5.74, 6) is -1.97. The highest BCUT2D eigenvalue weighted by Gasteiger charge is 2.40. The van der Waals surface area contributed by atoms with E-state index in [0.29, 0.717) is 27.4 Å². The lowest BCUT2D eigenvalue weighted by molar-refractivity contribution is -0.136. The van der Waals surface area contributed by atoms with E-state index in [1.54, 1.807) is 71.3 Å². The summed E-state index contributed by atoms with van der Waals surface area (Å²) in [6.07, 6.45) is 0.0129. The number of rotatable bonds is 6. The van der Waals surface area contributed by atoms with Gasteiger partial charge < -0.3 is 14.6 Å². The molecular formula is C29H24ClF2N3O3. The molecule has 5 rings (SSSR count). The number of likely N-dealkylation sites (tertiary alicyclic amines) is 1. The van der Waals surface area contributed by atoms with Gasteiger partial charge in [-0.15, -0.1) is 0 Å². The van der Waals surface area contributed by atoms with Crippen LogP contribution < -0.4 is 5.32 Å². The Kier molecular flexibility index (Phi) is 6.99. The highest BCUT2D eigenvalue weighted by molar-refractivity contribution is 6.33. The van der Waals surface area contributed by atoms with Crippen LogP contribution in [-0.4, -0.2) is 45.7 Å². The summed E-state index contributed by atoms with van der Waals surface area (Å²) in [6.45, 7) is 1.20. The van der Waals surface area contributed by atoms with Crippen LogP contribution in [0, 0.1) is 5.82 Å². The van der Waals surface area contributed by atoms with E-state index in [4.69, 9.17) is 11.6 Å². The lowest BCUT2D eigenvalue weighted by Gasteiger charge is -2.24. The first-order chi connectivity index (χ1) is 18.2. The Hall–Kier alpha value is -4.04. The van der Waals surface area contributed by atoms with Gasteiger partial charge in [-0.2, -0.15) is 0 Å². The van der Waals surface area contributed by atoms with Crippen molar-refractivity contribution in [1.29, 1.82) is 0 Å². The number of pyridine rings is 1. The van der Waals surface area contributed by atoms with Gasteiger partial charge in [-0.3, -0.25) is 14.4 Å². The molecule has 2 amide bonds. The molecule has 2 aromatic heterocycles. The fraction of sp³-hybridized carbons (Fsp3) is 0.207. The highest BCUT2D eigenvalue weighted by Crippen LogP contribution is 2.33. The average molecular weight is 536 g/mol. The standard InChI is InChI=1S/C29H24ClF2N3O3/c1-17(36)22-14-19(34-12-5-4-11-25(22)34)15-27(37)35-16-18(31)13-26(35)29(38)33-24-10-6-8-21(28(24)32)20-7-2-3-9-23(20)30/h2-12,14,18,26H,13,15-16H2,1H3,(H,33,38)/t18-,26+/m1/s1. The topological polar surface area (TPSA) is 70.9 Å². The van der Waals surface area contributed by atoms with Crippen molar-refractivity contribution >= 4 is 40.4 Å². The first-order valence-electron chi connectivity index (χ1n) is 12.1. The van der Waals surface area contributed by atoms with Crippen LogP contribution in [0.2, 0.25) is 5.02 Å². The zero-order chi connectivity index (χ0) is 27.0. The van der Waals surface area contributed by atoms with Crippen LogP contribution in [0.4, 0.5) is 14.5 Å². The summed E-state index contributed by atoms with van der Waals surface area (Å²) in [4.78, 5) is 39.7. The summed E-state index contributed by atoms with van der Waals surface area (Å²) in [6, 6.07) is 17.2. The maximum absolute atomic E-state index is 15.4. The molecule has 0 spiro atoms. The number of hydrogen-bond donors (Lipinski definition) is 1. The van der Waals surface area contributed by atoms with Gasteiger partial charge in [0.1, 0.15) is 12.2 Å². The monoisotopic (exact) mass is 535 g/mol. The summed E-state index contributed by atoms with van der Waals surface area (Å²) < 4.78 is 31.6. The Bertz CT molecular complexity index is 1570. The minimum atomic E-state index is -1.40. The maximum Gasteiger partial charge on any atom is 0.247 e. The Labute approximate surface area is 222 Å².